The second kappa shape index (κ2) is 5.05. The summed E-state index contributed by atoms with van der Waals surface area (Å²) < 4.78 is 6.03. The second-order valence-corrected chi connectivity index (χ2v) is 6.26. The third-order valence-corrected chi connectivity index (χ3v) is 3.90. The molecule has 2 aromatic rings. The van der Waals surface area contributed by atoms with Gasteiger partial charge in [-0.15, -0.1) is 0 Å². The molecule has 0 saturated carbocycles. The lowest BCUT2D eigenvalue weighted by Crippen LogP contribution is -2.35. The van der Waals surface area contributed by atoms with Gasteiger partial charge in [-0.3, -0.25) is 0 Å². The Labute approximate surface area is 129 Å². The van der Waals surface area contributed by atoms with E-state index in [9.17, 15) is 0 Å². The molecule has 3 rings (SSSR count). The van der Waals surface area contributed by atoms with Crippen molar-refractivity contribution in [3.8, 4) is 11.8 Å². The maximum absolute atomic E-state index is 9.12. The topological polar surface area (TPSA) is 45.9 Å². The largest absolute Gasteiger partial charge is 0.488 e. The number of nitriles is 1. The third kappa shape index (κ3) is 2.72. The molecule has 0 fully saturated rings. The first kappa shape index (κ1) is 13.9. The van der Waals surface area contributed by atoms with Crippen LogP contribution in [0, 0.1) is 11.3 Å². The van der Waals surface area contributed by atoms with E-state index >= 15 is 0 Å². The molecule has 1 atom stereocenters. The number of halogens is 1. The summed E-state index contributed by atoms with van der Waals surface area (Å²) in [4.78, 5) is 4.44. The normalized spacial score (nSPS) is 19.2. The number of benzene rings is 1. The number of nitrogens with zero attached hydrogens (tertiary/aromatic N) is 2. The number of pyridine rings is 1. The fraction of sp³-hybridized carbons (Fsp3) is 0.294. The highest BCUT2D eigenvalue weighted by molar-refractivity contribution is 6.29. The van der Waals surface area contributed by atoms with E-state index in [1.54, 1.807) is 12.1 Å². The van der Waals surface area contributed by atoms with Crippen molar-refractivity contribution in [3.05, 3.63) is 58.4 Å². The van der Waals surface area contributed by atoms with Crippen LogP contribution in [0.3, 0.4) is 0 Å². The minimum absolute atomic E-state index is 0.0794. The number of ether oxygens (including phenoxy) is 1. The van der Waals surface area contributed by atoms with Crippen molar-refractivity contribution in [2.45, 2.75) is 31.8 Å². The van der Waals surface area contributed by atoms with Crippen LogP contribution in [-0.4, -0.2) is 10.6 Å². The third-order valence-electron chi connectivity index (χ3n) is 3.69. The molecule has 0 bridgehead atoms. The van der Waals surface area contributed by atoms with E-state index in [1.165, 1.54) is 0 Å². The molecule has 1 unspecified atom stereocenters. The predicted molar refractivity (Wildman–Crippen MR) is 81.6 cm³/mol. The SMILES string of the molecule is CC1(C)CC(c2cccc(Cl)n2)c2cc(C#N)ccc2O1. The van der Waals surface area contributed by atoms with Crippen LogP contribution in [0.2, 0.25) is 5.15 Å². The summed E-state index contributed by atoms with van der Waals surface area (Å²) in [5.41, 5.74) is 2.26. The van der Waals surface area contributed by atoms with Gasteiger partial charge >= 0.3 is 0 Å². The van der Waals surface area contributed by atoms with Gasteiger partial charge in [-0.25, -0.2) is 4.98 Å². The van der Waals surface area contributed by atoms with Crippen LogP contribution in [0.25, 0.3) is 0 Å². The van der Waals surface area contributed by atoms with Crippen LogP contribution in [0.4, 0.5) is 0 Å². The van der Waals surface area contributed by atoms with Gasteiger partial charge in [0.1, 0.15) is 16.5 Å². The number of hydrogen-bond acceptors (Lipinski definition) is 3. The standard InChI is InChI=1S/C17H15ClN2O/c1-17(2)9-13(14-4-3-5-16(18)20-14)12-8-11(10-19)6-7-15(12)21-17/h3-8,13H,9H2,1-2H3. The number of fused-ring (bicyclic) bond motifs is 1. The molecule has 0 amide bonds. The molecule has 0 radical (unpaired) electrons. The second-order valence-electron chi connectivity index (χ2n) is 5.87. The van der Waals surface area contributed by atoms with Crippen molar-refractivity contribution in [2.75, 3.05) is 0 Å². The van der Waals surface area contributed by atoms with Crippen molar-refractivity contribution in [1.82, 2.24) is 4.98 Å². The monoisotopic (exact) mass is 298 g/mol. The average Bonchev–Trinajstić information content (AvgIpc) is 2.45. The average molecular weight is 299 g/mol. The van der Waals surface area contributed by atoms with E-state index in [4.69, 9.17) is 21.6 Å². The minimum Gasteiger partial charge on any atom is -0.488 e. The first-order valence-electron chi connectivity index (χ1n) is 6.84. The van der Waals surface area contributed by atoms with Crippen molar-refractivity contribution in [3.63, 3.8) is 0 Å². The highest BCUT2D eigenvalue weighted by Gasteiger charge is 2.35. The number of hydrogen-bond donors (Lipinski definition) is 0. The van der Waals surface area contributed by atoms with Crippen LogP contribution in [-0.2, 0) is 0 Å². The molecule has 0 aliphatic carbocycles. The van der Waals surface area contributed by atoms with Gasteiger partial charge < -0.3 is 4.74 Å². The Balaban J connectivity index is 2.15. The number of rotatable bonds is 1. The lowest BCUT2D eigenvalue weighted by atomic mass is 9.81. The lowest BCUT2D eigenvalue weighted by molar-refractivity contribution is 0.0769. The Morgan fingerprint density at radius 3 is 2.86 bits per heavy atom. The number of aromatic nitrogens is 1. The summed E-state index contributed by atoms with van der Waals surface area (Å²) in [6.45, 7) is 4.12. The molecule has 0 spiro atoms. The van der Waals surface area contributed by atoms with Crippen molar-refractivity contribution < 1.29 is 4.74 Å². The maximum atomic E-state index is 9.12. The quantitative estimate of drug-likeness (QED) is 0.737. The predicted octanol–water partition coefficient (Wildman–Crippen LogP) is 4.30. The fourth-order valence-electron chi connectivity index (χ4n) is 2.81. The highest BCUT2D eigenvalue weighted by Crippen LogP contribution is 2.44. The lowest BCUT2D eigenvalue weighted by Gasteiger charge is -2.37. The van der Waals surface area contributed by atoms with Gasteiger partial charge in [0.25, 0.3) is 0 Å². The molecule has 1 aliphatic heterocycles. The van der Waals surface area contributed by atoms with Crippen molar-refractivity contribution in [2.24, 2.45) is 0 Å². The maximum Gasteiger partial charge on any atom is 0.129 e. The zero-order valence-corrected chi connectivity index (χ0v) is 12.7. The van der Waals surface area contributed by atoms with E-state index in [1.807, 2.05) is 24.3 Å². The Kier molecular flexibility index (Phi) is 3.35. The summed E-state index contributed by atoms with van der Waals surface area (Å²) >= 11 is 6.03. The fourth-order valence-corrected chi connectivity index (χ4v) is 2.98. The van der Waals surface area contributed by atoms with Gasteiger partial charge in [-0.05, 0) is 50.6 Å². The first-order chi connectivity index (χ1) is 9.98. The summed E-state index contributed by atoms with van der Waals surface area (Å²) in [6.07, 6.45) is 0.794. The molecule has 106 valence electrons. The molecule has 3 nitrogen and oxygen atoms in total. The van der Waals surface area contributed by atoms with E-state index in [0.29, 0.717) is 10.7 Å². The first-order valence-corrected chi connectivity index (χ1v) is 7.22. The van der Waals surface area contributed by atoms with Gasteiger partial charge in [0.2, 0.25) is 0 Å². The van der Waals surface area contributed by atoms with Crippen LogP contribution >= 0.6 is 11.6 Å². The van der Waals surface area contributed by atoms with Gasteiger partial charge in [-0.1, -0.05) is 17.7 Å². The van der Waals surface area contributed by atoms with Crippen LogP contribution in [0.15, 0.2) is 36.4 Å². The zero-order valence-electron chi connectivity index (χ0n) is 11.9. The molecule has 1 aromatic heterocycles. The van der Waals surface area contributed by atoms with Crippen LogP contribution in [0.1, 0.15) is 43.0 Å². The zero-order chi connectivity index (χ0) is 15.0. The van der Waals surface area contributed by atoms with E-state index in [2.05, 4.69) is 24.9 Å². The summed E-state index contributed by atoms with van der Waals surface area (Å²) in [5, 5.41) is 9.60. The molecule has 21 heavy (non-hydrogen) atoms. The Morgan fingerprint density at radius 2 is 2.14 bits per heavy atom. The van der Waals surface area contributed by atoms with Gasteiger partial charge in [0, 0.05) is 17.2 Å². The molecular weight excluding hydrogens is 284 g/mol. The van der Waals surface area contributed by atoms with Gasteiger partial charge in [0.05, 0.1) is 11.6 Å². The smallest absolute Gasteiger partial charge is 0.129 e. The molecule has 1 aliphatic rings. The minimum atomic E-state index is -0.282. The Bertz CT molecular complexity index is 734. The van der Waals surface area contributed by atoms with Crippen LogP contribution < -0.4 is 4.74 Å². The molecule has 4 heteroatoms. The molecule has 2 heterocycles. The Hall–Kier alpha value is -2.05. The Morgan fingerprint density at radius 1 is 1.33 bits per heavy atom. The molecular formula is C17H15ClN2O. The van der Waals surface area contributed by atoms with E-state index in [0.717, 1.165) is 23.4 Å². The molecule has 1 aromatic carbocycles. The van der Waals surface area contributed by atoms with E-state index < -0.39 is 0 Å². The summed E-state index contributed by atoms with van der Waals surface area (Å²) in [5.74, 6) is 0.896. The van der Waals surface area contributed by atoms with Crippen LogP contribution in [0.5, 0.6) is 5.75 Å². The highest BCUT2D eigenvalue weighted by atomic mass is 35.5. The summed E-state index contributed by atoms with van der Waals surface area (Å²) in [6, 6.07) is 13.4. The van der Waals surface area contributed by atoms with Gasteiger partial charge in [0.15, 0.2) is 0 Å². The van der Waals surface area contributed by atoms with E-state index in [-0.39, 0.29) is 11.5 Å². The molecule has 0 saturated heterocycles. The molecule has 0 N–H and O–H groups in total. The van der Waals surface area contributed by atoms with Crippen molar-refractivity contribution >= 4 is 11.6 Å². The summed E-state index contributed by atoms with van der Waals surface area (Å²) in [7, 11) is 0. The van der Waals surface area contributed by atoms with Gasteiger partial charge in [-0.2, -0.15) is 5.26 Å². The van der Waals surface area contributed by atoms with Crippen molar-refractivity contribution in [1.29, 1.82) is 5.26 Å².